The van der Waals surface area contributed by atoms with Crippen LogP contribution in [0.2, 0.25) is 0 Å². The van der Waals surface area contributed by atoms with Crippen LogP contribution in [0.5, 0.6) is 5.75 Å². The summed E-state index contributed by atoms with van der Waals surface area (Å²) < 4.78 is 9.98. The van der Waals surface area contributed by atoms with E-state index in [0.717, 1.165) is 11.1 Å². The Labute approximate surface area is 133 Å². The van der Waals surface area contributed by atoms with Gasteiger partial charge in [-0.05, 0) is 35.4 Å². The van der Waals surface area contributed by atoms with Crippen LogP contribution in [-0.4, -0.2) is 25.6 Å². The molecule has 0 aromatic heterocycles. The molecular formula is C18H15NO4. The zero-order valence-electron chi connectivity index (χ0n) is 12.5. The third-order valence-electron chi connectivity index (χ3n) is 3.44. The van der Waals surface area contributed by atoms with Crippen LogP contribution in [0, 0.1) is 0 Å². The molecule has 1 aliphatic heterocycles. The molecule has 2 aromatic rings. The van der Waals surface area contributed by atoms with Crippen molar-refractivity contribution in [2.75, 3.05) is 19.0 Å². The first-order chi connectivity index (χ1) is 11.2. The molecular weight excluding hydrogens is 294 g/mol. The second kappa shape index (κ2) is 6.36. The Kier molecular flexibility index (Phi) is 4.10. The average Bonchev–Trinajstić information content (AvgIpc) is 2.59. The molecule has 3 rings (SSSR count). The number of carbonyl (C=O) groups excluding carboxylic acids is 2. The molecule has 2 aromatic carbocycles. The summed E-state index contributed by atoms with van der Waals surface area (Å²) in [7, 11) is 1.36. The molecule has 0 radical (unpaired) electrons. The quantitative estimate of drug-likeness (QED) is 0.699. The van der Waals surface area contributed by atoms with Gasteiger partial charge in [-0.3, -0.25) is 4.79 Å². The van der Waals surface area contributed by atoms with Crippen molar-refractivity contribution in [2.45, 2.75) is 0 Å². The number of hydrogen-bond donors (Lipinski definition) is 1. The topological polar surface area (TPSA) is 64.6 Å². The molecule has 0 bridgehead atoms. The lowest BCUT2D eigenvalue weighted by molar-refractivity contribution is -0.118. The molecule has 0 spiro atoms. The first kappa shape index (κ1) is 14.8. The fourth-order valence-electron chi connectivity index (χ4n) is 2.25. The van der Waals surface area contributed by atoms with Crippen LogP contribution in [0.25, 0.3) is 12.2 Å². The van der Waals surface area contributed by atoms with Crippen molar-refractivity contribution in [3.8, 4) is 5.75 Å². The number of methoxy groups -OCH3 is 1. The van der Waals surface area contributed by atoms with Crippen molar-refractivity contribution in [3.05, 3.63) is 59.2 Å². The molecule has 5 heteroatoms. The maximum atomic E-state index is 11.4. The van der Waals surface area contributed by atoms with Gasteiger partial charge < -0.3 is 14.8 Å². The van der Waals surface area contributed by atoms with Gasteiger partial charge in [0.15, 0.2) is 6.61 Å². The standard InChI is InChI=1S/C18H15NO4/c1-22-18(21)14-7-4-12(5-8-14)2-3-13-6-9-16-15(10-13)19-17(20)11-23-16/h2-10H,11H2,1H3,(H,19,20). The predicted molar refractivity (Wildman–Crippen MR) is 87.3 cm³/mol. The molecule has 5 nitrogen and oxygen atoms in total. The van der Waals surface area contributed by atoms with Crippen LogP contribution < -0.4 is 10.1 Å². The minimum Gasteiger partial charge on any atom is -0.482 e. The molecule has 23 heavy (non-hydrogen) atoms. The van der Waals surface area contributed by atoms with Crippen LogP contribution >= 0.6 is 0 Å². The van der Waals surface area contributed by atoms with Crippen LogP contribution in [0.15, 0.2) is 42.5 Å². The van der Waals surface area contributed by atoms with Crippen molar-refractivity contribution in [2.24, 2.45) is 0 Å². The fourth-order valence-corrected chi connectivity index (χ4v) is 2.25. The Hall–Kier alpha value is -3.08. The Morgan fingerprint density at radius 2 is 1.83 bits per heavy atom. The highest BCUT2D eigenvalue weighted by Crippen LogP contribution is 2.29. The van der Waals surface area contributed by atoms with E-state index in [1.807, 2.05) is 42.5 Å². The number of nitrogens with one attached hydrogen (secondary N) is 1. The lowest BCUT2D eigenvalue weighted by Gasteiger charge is -2.17. The van der Waals surface area contributed by atoms with E-state index in [4.69, 9.17) is 4.74 Å². The SMILES string of the molecule is COC(=O)c1ccc(C=Cc2ccc3c(c2)NC(=O)CO3)cc1. The van der Waals surface area contributed by atoms with Gasteiger partial charge >= 0.3 is 5.97 Å². The number of rotatable bonds is 3. The van der Waals surface area contributed by atoms with Crippen molar-refractivity contribution in [3.63, 3.8) is 0 Å². The van der Waals surface area contributed by atoms with E-state index in [0.29, 0.717) is 17.0 Å². The molecule has 0 atom stereocenters. The molecule has 0 unspecified atom stereocenters. The van der Waals surface area contributed by atoms with Crippen molar-refractivity contribution >= 4 is 29.7 Å². The average molecular weight is 309 g/mol. The summed E-state index contributed by atoms with van der Waals surface area (Å²) >= 11 is 0. The summed E-state index contributed by atoms with van der Waals surface area (Å²) in [5.74, 6) is 0.159. The first-order valence-corrected chi connectivity index (χ1v) is 7.09. The molecule has 116 valence electrons. The van der Waals surface area contributed by atoms with Gasteiger partial charge in [-0.25, -0.2) is 4.79 Å². The summed E-state index contributed by atoms with van der Waals surface area (Å²) in [5.41, 5.74) is 3.07. The molecule has 1 aliphatic rings. The number of fused-ring (bicyclic) bond motifs is 1. The van der Waals surface area contributed by atoms with Crippen LogP contribution in [0.4, 0.5) is 5.69 Å². The summed E-state index contributed by atoms with van der Waals surface area (Å²) in [6.45, 7) is 0.0503. The highest BCUT2D eigenvalue weighted by atomic mass is 16.5. The summed E-state index contributed by atoms with van der Waals surface area (Å²) in [6, 6.07) is 12.7. The van der Waals surface area contributed by atoms with E-state index < -0.39 is 0 Å². The highest BCUT2D eigenvalue weighted by Gasteiger charge is 2.15. The number of anilines is 1. The number of ether oxygens (including phenoxy) is 2. The molecule has 1 N–H and O–H groups in total. The molecule has 1 heterocycles. The maximum Gasteiger partial charge on any atom is 0.337 e. The monoisotopic (exact) mass is 309 g/mol. The van der Waals surface area contributed by atoms with Crippen LogP contribution in [-0.2, 0) is 9.53 Å². The van der Waals surface area contributed by atoms with Crippen molar-refractivity contribution in [1.29, 1.82) is 0 Å². The normalized spacial score (nSPS) is 13.2. The van der Waals surface area contributed by atoms with Crippen LogP contribution in [0.3, 0.4) is 0 Å². The Balaban J connectivity index is 1.76. The first-order valence-electron chi connectivity index (χ1n) is 7.09. The van der Waals surface area contributed by atoms with Crippen molar-refractivity contribution in [1.82, 2.24) is 0 Å². The molecule has 0 saturated heterocycles. The smallest absolute Gasteiger partial charge is 0.337 e. The predicted octanol–water partition coefficient (Wildman–Crippen LogP) is 2.97. The second-order valence-electron chi connectivity index (χ2n) is 5.04. The number of hydrogen-bond acceptors (Lipinski definition) is 4. The van der Waals surface area contributed by atoms with Gasteiger partial charge in [0.05, 0.1) is 18.4 Å². The van der Waals surface area contributed by atoms with Gasteiger partial charge in [0.25, 0.3) is 5.91 Å². The Bertz CT molecular complexity index is 778. The highest BCUT2D eigenvalue weighted by molar-refractivity contribution is 5.96. The number of benzene rings is 2. The lowest BCUT2D eigenvalue weighted by Crippen LogP contribution is -2.25. The molecule has 0 aliphatic carbocycles. The summed E-state index contributed by atoms with van der Waals surface area (Å²) in [6.07, 6.45) is 3.85. The van der Waals surface area contributed by atoms with Gasteiger partial charge in [0.2, 0.25) is 0 Å². The van der Waals surface area contributed by atoms with Gasteiger partial charge in [0, 0.05) is 0 Å². The summed E-state index contributed by atoms with van der Waals surface area (Å²) in [4.78, 5) is 22.7. The Morgan fingerprint density at radius 1 is 1.13 bits per heavy atom. The van der Waals surface area contributed by atoms with Gasteiger partial charge in [-0.1, -0.05) is 30.4 Å². The third kappa shape index (κ3) is 3.40. The van der Waals surface area contributed by atoms with E-state index in [2.05, 4.69) is 10.1 Å². The van der Waals surface area contributed by atoms with Gasteiger partial charge in [0.1, 0.15) is 5.75 Å². The van der Waals surface area contributed by atoms with Crippen LogP contribution in [0.1, 0.15) is 21.5 Å². The second-order valence-corrected chi connectivity index (χ2v) is 5.04. The van der Waals surface area contributed by atoms with Crippen molar-refractivity contribution < 1.29 is 19.1 Å². The minimum atomic E-state index is -0.356. The number of carbonyl (C=O) groups is 2. The number of esters is 1. The largest absolute Gasteiger partial charge is 0.482 e. The zero-order chi connectivity index (χ0) is 16.2. The maximum absolute atomic E-state index is 11.4. The van der Waals surface area contributed by atoms with Gasteiger partial charge in [-0.2, -0.15) is 0 Å². The molecule has 0 fully saturated rings. The van der Waals surface area contributed by atoms with Gasteiger partial charge in [-0.15, -0.1) is 0 Å². The van der Waals surface area contributed by atoms with E-state index in [9.17, 15) is 9.59 Å². The fraction of sp³-hybridized carbons (Fsp3) is 0.111. The lowest BCUT2D eigenvalue weighted by atomic mass is 10.1. The Morgan fingerprint density at radius 3 is 2.57 bits per heavy atom. The minimum absolute atomic E-state index is 0.0503. The zero-order valence-corrected chi connectivity index (χ0v) is 12.5. The van der Waals surface area contributed by atoms with E-state index >= 15 is 0 Å². The molecule has 1 amide bonds. The third-order valence-corrected chi connectivity index (χ3v) is 3.44. The van der Waals surface area contributed by atoms with E-state index in [1.54, 1.807) is 12.1 Å². The number of amides is 1. The van der Waals surface area contributed by atoms with E-state index in [1.165, 1.54) is 7.11 Å². The summed E-state index contributed by atoms with van der Waals surface area (Å²) in [5, 5.41) is 2.78. The molecule has 0 saturated carbocycles. The van der Waals surface area contributed by atoms with E-state index in [-0.39, 0.29) is 18.5 Å².